The zero-order valence-corrected chi connectivity index (χ0v) is 10.2. The highest BCUT2D eigenvalue weighted by Crippen LogP contribution is 2.07. The summed E-state index contributed by atoms with van der Waals surface area (Å²) in [4.78, 5) is 13.6. The predicted molar refractivity (Wildman–Crippen MR) is 61.6 cm³/mol. The number of hydrogen-bond donors (Lipinski definition) is 1. The molecule has 1 aromatic rings. The summed E-state index contributed by atoms with van der Waals surface area (Å²) in [5, 5.41) is 6.94. The van der Waals surface area contributed by atoms with Crippen LogP contribution >= 0.6 is 12.4 Å². The molecule has 1 N–H and O–H groups in total. The van der Waals surface area contributed by atoms with Crippen LogP contribution in [-0.4, -0.2) is 42.1 Å². The Morgan fingerprint density at radius 2 is 2.38 bits per heavy atom. The van der Waals surface area contributed by atoms with E-state index in [9.17, 15) is 4.79 Å². The van der Waals surface area contributed by atoms with Crippen LogP contribution in [0.3, 0.4) is 0 Å². The van der Waals surface area contributed by atoms with Gasteiger partial charge in [-0.1, -0.05) is 5.16 Å². The van der Waals surface area contributed by atoms with Crippen molar-refractivity contribution in [3.8, 4) is 0 Å². The standard InChI is InChI=1S/C10H15N3O2.ClH/c1-7-3-8(12-15-7)4-10(14)13(2)9-5-11-6-9;/h3,9,11H,4-6H2,1-2H3;1H. The molecule has 1 aliphatic rings. The number of nitrogens with zero attached hydrogens (tertiary/aromatic N) is 2. The molecular weight excluding hydrogens is 230 g/mol. The van der Waals surface area contributed by atoms with Gasteiger partial charge in [-0.15, -0.1) is 12.4 Å². The van der Waals surface area contributed by atoms with Gasteiger partial charge in [-0.05, 0) is 6.92 Å². The predicted octanol–water partition coefficient (Wildman–Crippen LogP) is 0.378. The van der Waals surface area contributed by atoms with Crippen LogP contribution in [0.1, 0.15) is 11.5 Å². The molecule has 0 bridgehead atoms. The molecule has 0 saturated carbocycles. The minimum Gasteiger partial charge on any atom is -0.361 e. The molecule has 1 amide bonds. The van der Waals surface area contributed by atoms with Crippen molar-refractivity contribution in [3.05, 3.63) is 17.5 Å². The van der Waals surface area contributed by atoms with E-state index in [1.165, 1.54) is 0 Å². The fourth-order valence-corrected chi connectivity index (χ4v) is 1.53. The molecule has 90 valence electrons. The van der Waals surface area contributed by atoms with E-state index in [0.717, 1.165) is 18.8 Å². The van der Waals surface area contributed by atoms with Gasteiger partial charge in [0.25, 0.3) is 0 Å². The molecule has 5 nitrogen and oxygen atoms in total. The second-order valence-electron chi connectivity index (χ2n) is 3.92. The summed E-state index contributed by atoms with van der Waals surface area (Å²) in [5.74, 6) is 0.834. The Labute approximate surface area is 101 Å². The molecule has 1 aromatic heterocycles. The molecule has 2 heterocycles. The van der Waals surface area contributed by atoms with Crippen molar-refractivity contribution in [3.63, 3.8) is 0 Å². The van der Waals surface area contributed by atoms with Crippen LogP contribution in [-0.2, 0) is 11.2 Å². The van der Waals surface area contributed by atoms with Crippen LogP contribution in [0.25, 0.3) is 0 Å². The van der Waals surface area contributed by atoms with Gasteiger partial charge < -0.3 is 14.7 Å². The van der Waals surface area contributed by atoms with Crippen molar-refractivity contribution >= 4 is 18.3 Å². The van der Waals surface area contributed by atoms with E-state index in [1.54, 1.807) is 11.0 Å². The lowest BCUT2D eigenvalue weighted by Crippen LogP contribution is -2.57. The van der Waals surface area contributed by atoms with Gasteiger partial charge in [-0.2, -0.15) is 0 Å². The van der Waals surface area contributed by atoms with Crippen LogP contribution in [0, 0.1) is 6.92 Å². The maximum atomic E-state index is 11.8. The summed E-state index contributed by atoms with van der Waals surface area (Å²) < 4.78 is 4.91. The Balaban J connectivity index is 0.00000128. The van der Waals surface area contributed by atoms with Crippen LogP contribution < -0.4 is 5.32 Å². The Kier molecular flexibility index (Phi) is 4.32. The number of aryl methyl sites for hydroxylation is 1. The van der Waals surface area contributed by atoms with Crippen molar-refractivity contribution in [2.45, 2.75) is 19.4 Å². The molecule has 0 unspecified atom stereocenters. The molecule has 0 aromatic carbocycles. The van der Waals surface area contributed by atoms with Gasteiger partial charge in [0.05, 0.1) is 18.2 Å². The third-order valence-corrected chi connectivity index (χ3v) is 2.71. The van der Waals surface area contributed by atoms with Crippen LogP contribution in [0.4, 0.5) is 0 Å². The zero-order chi connectivity index (χ0) is 10.8. The number of amides is 1. The fraction of sp³-hybridized carbons (Fsp3) is 0.600. The summed E-state index contributed by atoms with van der Waals surface area (Å²) in [6.45, 7) is 3.60. The van der Waals surface area contributed by atoms with Crippen LogP contribution in [0.2, 0.25) is 0 Å². The van der Waals surface area contributed by atoms with Gasteiger partial charge in [0.2, 0.25) is 5.91 Å². The number of aromatic nitrogens is 1. The van der Waals surface area contributed by atoms with E-state index in [1.807, 2.05) is 14.0 Å². The fourth-order valence-electron chi connectivity index (χ4n) is 1.53. The topological polar surface area (TPSA) is 58.4 Å². The zero-order valence-electron chi connectivity index (χ0n) is 9.40. The van der Waals surface area contributed by atoms with Crippen molar-refractivity contribution in [2.24, 2.45) is 0 Å². The lowest BCUT2D eigenvalue weighted by atomic mass is 10.1. The molecule has 0 aliphatic carbocycles. The Morgan fingerprint density at radius 3 is 2.81 bits per heavy atom. The maximum Gasteiger partial charge on any atom is 0.228 e. The number of carbonyl (C=O) groups excluding carboxylic acids is 1. The van der Waals surface area contributed by atoms with Crippen LogP contribution in [0.5, 0.6) is 0 Å². The minimum absolute atomic E-state index is 0. The second-order valence-corrected chi connectivity index (χ2v) is 3.92. The highest BCUT2D eigenvalue weighted by atomic mass is 35.5. The van der Waals surface area contributed by atoms with E-state index in [4.69, 9.17) is 4.52 Å². The van der Waals surface area contributed by atoms with E-state index < -0.39 is 0 Å². The van der Waals surface area contributed by atoms with Gasteiger partial charge >= 0.3 is 0 Å². The van der Waals surface area contributed by atoms with E-state index in [-0.39, 0.29) is 18.3 Å². The first-order valence-corrected chi connectivity index (χ1v) is 5.05. The number of nitrogens with one attached hydrogen (secondary N) is 1. The van der Waals surface area contributed by atoms with Crippen molar-refractivity contribution in [1.29, 1.82) is 0 Å². The van der Waals surface area contributed by atoms with Gasteiger partial charge in [0, 0.05) is 26.2 Å². The number of rotatable bonds is 3. The quantitative estimate of drug-likeness (QED) is 0.837. The van der Waals surface area contributed by atoms with E-state index in [2.05, 4.69) is 10.5 Å². The average molecular weight is 246 g/mol. The molecular formula is C10H16ClN3O2. The maximum absolute atomic E-state index is 11.8. The number of hydrogen-bond acceptors (Lipinski definition) is 4. The summed E-state index contributed by atoms with van der Waals surface area (Å²) in [6.07, 6.45) is 0.324. The van der Waals surface area contributed by atoms with Crippen molar-refractivity contribution in [2.75, 3.05) is 20.1 Å². The first-order chi connectivity index (χ1) is 7.16. The molecule has 0 radical (unpaired) electrons. The second kappa shape index (κ2) is 5.32. The normalized spacial score (nSPS) is 15.1. The molecule has 16 heavy (non-hydrogen) atoms. The van der Waals surface area contributed by atoms with Gasteiger partial charge in [-0.25, -0.2) is 0 Å². The van der Waals surface area contributed by atoms with E-state index >= 15 is 0 Å². The number of carbonyl (C=O) groups is 1. The highest BCUT2D eigenvalue weighted by molar-refractivity contribution is 5.85. The molecule has 0 atom stereocenters. The SMILES string of the molecule is Cc1cc(CC(=O)N(C)C2CNC2)no1.Cl. The third-order valence-electron chi connectivity index (χ3n) is 2.71. The summed E-state index contributed by atoms with van der Waals surface area (Å²) in [7, 11) is 1.83. The smallest absolute Gasteiger partial charge is 0.228 e. The Morgan fingerprint density at radius 1 is 1.69 bits per heavy atom. The molecule has 1 aliphatic heterocycles. The molecule has 1 fully saturated rings. The Hall–Kier alpha value is -1.07. The van der Waals surface area contributed by atoms with Gasteiger partial charge in [0.15, 0.2) is 0 Å². The molecule has 1 saturated heterocycles. The first-order valence-electron chi connectivity index (χ1n) is 5.05. The summed E-state index contributed by atoms with van der Waals surface area (Å²) >= 11 is 0. The number of likely N-dealkylation sites (N-methyl/N-ethyl adjacent to an activating group) is 1. The molecule has 2 rings (SSSR count). The van der Waals surface area contributed by atoms with Gasteiger partial charge in [-0.3, -0.25) is 4.79 Å². The summed E-state index contributed by atoms with van der Waals surface area (Å²) in [5.41, 5.74) is 0.705. The van der Waals surface area contributed by atoms with Crippen LogP contribution in [0.15, 0.2) is 10.6 Å². The highest BCUT2D eigenvalue weighted by Gasteiger charge is 2.25. The summed E-state index contributed by atoms with van der Waals surface area (Å²) in [6, 6.07) is 2.13. The monoisotopic (exact) mass is 245 g/mol. The first kappa shape index (κ1) is 13.0. The lowest BCUT2D eigenvalue weighted by molar-refractivity contribution is -0.132. The minimum atomic E-state index is 0. The third kappa shape index (κ3) is 2.74. The van der Waals surface area contributed by atoms with Crippen molar-refractivity contribution in [1.82, 2.24) is 15.4 Å². The molecule has 6 heteroatoms. The largest absolute Gasteiger partial charge is 0.361 e. The molecule has 0 spiro atoms. The van der Waals surface area contributed by atoms with E-state index in [0.29, 0.717) is 18.2 Å². The lowest BCUT2D eigenvalue weighted by Gasteiger charge is -2.35. The Bertz CT molecular complexity index is 363. The average Bonchev–Trinajstić information content (AvgIpc) is 2.48. The van der Waals surface area contributed by atoms with Gasteiger partial charge in [0.1, 0.15) is 5.76 Å². The van der Waals surface area contributed by atoms with Crippen molar-refractivity contribution < 1.29 is 9.32 Å². The number of halogens is 1.